The van der Waals surface area contributed by atoms with Crippen LogP contribution >= 0.6 is 11.8 Å². The molecule has 1 fully saturated rings. The minimum absolute atomic E-state index is 0.227. The standard InChI is InChI=1S/C14H20FNOS/c1-3-11-9-16(7-8-18-11)14-12(10(2)17)5-4-6-13(14)15/h4-6,10-11,17H,3,7-9H2,1-2H3. The smallest absolute Gasteiger partial charge is 0.146 e. The zero-order valence-electron chi connectivity index (χ0n) is 10.9. The van der Waals surface area contributed by atoms with Crippen molar-refractivity contribution in [3.63, 3.8) is 0 Å². The van der Waals surface area contributed by atoms with Crippen LogP contribution in [0.5, 0.6) is 0 Å². The molecule has 0 amide bonds. The van der Waals surface area contributed by atoms with Gasteiger partial charge in [-0.3, -0.25) is 0 Å². The van der Waals surface area contributed by atoms with Gasteiger partial charge in [-0.15, -0.1) is 0 Å². The second-order valence-electron chi connectivity index (χ2n) is 4.70. The summed E-state index contributed by atoms with van der Waals surface area (Å²) in [6.07, 6.45) is 0.463. The molecular formula is C14H20FNOS. The van der Waals surface area contributed by atoms with E-state index in [0.717, 1.165) is 25.3 Å². The topological polar surface area (TPSA) is 23.5 Å². The van der Waals surface area contributed by atoms with Gasteiger partial charge in [0.2, 0.25) is 0 Å². The first-order valence-corrected chi connectivity index (χ1v) is 7.51. The van der Waals surface area contributed by atoms with Crippen molar-refractivity contribution in [1.29, 1.82) is 0 Å². The number of halogens is 1. The van der Waals surface area contributed by atoms with Gasteiger partial charge in [-0.1, -0.05) is 19.1 Å². The third kappa shape index (κ3) is 2.81. The second kappa shape index (κ2) is 5.93. The monoisotopic (exact) mass is 269 g/mol. The first-order chi connectivity index (χ1) is 8.63. The average molecular weight is 269 g/mol. The highest BCUT2D eigenvalue weighted by Gasteiger charge is 2.24. The van der Waals surface area contributed by atoms with Crippen molar-refractivity contribution in [2.75, 3.05) is 23.7 Å². The van der Waals surface area contributed by atoms with E-state index in [1.165, 1.54) is 6.07 Å². The number of nitrogens with zero attached hydrogens (tertiary/aromatic N) is 1. The third-order valence-electron chi connectivity index (χ3n) is 3.38. The fraction of sp³-hybridized carbons (Fsp3) is 0.571. The summed E-state index contributed by atoms with van der Waals surface area (Å²) in [7, 11) is 0. The zero-order valence-corrected chi connectivity index (χ0v) is 11.7. The van der Waals surface area contributed by atoms with E-state index in [-0.39, 0.29) is 5.82 Å². The quantitative estimate of drug-likeness (QED) is 0.911. The van der Waals surface area contributed by atoms with Gasteiger partial charge in [-0.2, -0.15) is 11.8 Å². The molecule has 2 rings (SSSR count). The Morgan fingerprint density at radius 2 is 2.33 bits per heavy atom. The van der Waals surface area contributed by atoms with Crippen molar-refractivity contribution in [1.82, 2.24) is 0 Å². The van der Waals surface area contributed by atoms with Crippen molar-refractivity contribution in [3.8, 4) is 0 Å². The maximum Gasteiger partial charge on any atom is 0.146 e. The zero-order chi connectivity index (χ0) is 13.1. The summed E-state index contributed by atoms with van der Waals surface area (Å²) in [5, 5.41) is 10.3. The number of hydrogen-bond acceptors (Lipinski definition) is 3. The Morgan fingerprint density at radius 1 is 1.56 bits per heavy atom. The van der Waals surface area contributed by atoms with Gasteiger partial charge >= 0.3 is 0 Å². The summed E-state index contributed by atoms with van der Waals surface area (Å²) in [5.74, 6) is 0.793. The van der Waals surface area contributed by atoms with Crippen LogP contribution in [0.15, 0.2) is 18.2 Å². The van der Waals surface area contributed by atoms with Crippen molar-refractivity contribution in [2.24, 2.45) is 0 Å². The fourth-order valence-corrected chi connectivity index (χ4v) is 3.55. The molecule has 2 atom stereocenters. The molecule has 1 heterocycles. The largest absolute Gasteiger partial charge is 0.389 e. The Labute approximate surface area is 112 Å². The van der Waals surface area contributed by atoms with Gasteiger partial charge < -0.3 is 10.0 Å². The van der Waals surface area contributed by atoms with Crippen LogP contribution in [0.3, 0.4) is 0 Å². The van der Waals surface area contributed by atoms with Gasteiger partial charge in [0.15, 0.2) is 0 Å². The molecule has 0 aromatic heterocycles. The molecule has 1 aliphatic heterocycles. The lowest BCUT2D eigenvalue weighted by Crippen LogP contribution is -2.38. The molecule has 4 heteroatoms. The first kappa shape index (κ1) is 13.7. The number of rotatable bonds is 3. The van der Waals surface area contributed by atoms with Crippen LogP contribution in [0.2, 0.25) is 0 Å². The number of aliphatic hydroxyl groups excluding tert-OH is 1. The Morgan fingerprint density at radius 3 is 3.00 bits per heavy atom. The molecule has 1 N–H and O–H groups in total. The van der Waals surface area contributed by atoms with Gasteiger partial charge in [0.05, 0.1) is 11.8 Å². The molecule has 0 bridgehead atoms. The molecule has 0 aliphatic carbocycles. The van der Waals surface area contributed by atoms with E-state index >= 15 is 0 Å². The Bertz CT molecular complexity index is 411. The van der Waals surface area contributed by atoms with Crippen LogP contribution in [-0.2, 0) is 0 Å². The molecular weight excluding hydrogens is 249 g/mol. The molecule has 0 spiro atoms. The highest BCUT2D eigenvalue weighted by atomic mass is 32.2. The van der Waals surface area contributed by atoms with Crippen LogP contribution in [-0.4, -0.2) is 29.2 Å². The summed E-state index contributed by atoms with van der Waals surface area (Å²) >= 11 is 1.96. The van der Waals surface area contributed by atoms with Crippen molar-refractivity contribution in [2.45, 2.75) is 31.6 Å². The minimum atomic E-state index is -0.634. The van der Waals surface area contributed by atoms with E-state index in [0.29, 0.717) is 16.5 Å². The van der Waals surface area contributed by atoms with Crippen molar-refractivity contribution in [3.05, 3.63) is 29.6 Å². The Balaban J connectivity index is 2.31. The summed E-state index contributed by atoms with van der Waals surface area (Å²) in [5.41, 5.74) is 1.28. The molecule has 2 nitrogen and oxygen atoms in total. The summed E-state index contributed by atoms with van der Waals surface area (Å²) in [6.45, 7) is 5.57. The molecule has 0 saturated carbocycles. The van der Waals surface area contributed by atoms with Gasteiger partial charge in [-0.05, 0) is 19.4 Å². The summed E-state index contributed by atoms with van der Waals surface area (Å²) < 4.78 is 14.1. The number of para-hydroxylation sites is 1. The van der Waals surface area contributed by atoms with Crippen LogP contribution in [0.1, 0.15) is 31.9 Å². The second-order valence-corrected chi connectivity index (χ2v) is 6.11. The maximum absolute atomic E-state index is 14.1. The molecule has 100 valence electrons. The number of anilines is 1. The summed E-state index contributed by atoms with van der Waals surface area (Å²) in [6, 6.07) is 4.95. The van der Waals surface area contributed by atoms with Gasteiger partial charge in [0, 0.05) is 29.7 Å². The predicted octanol–water partition coefficient (Wildman–Crippen LogP) is 3.21. The number of benzene rings is 1. The molecule has 0 radical (unpaired) electrons. The average Bonchev–Trinajstić information content (AvgIpc) is 2.38. The number of thioether (sulfide) groups is 1. The Hall–Kier alpha value is -0.740. The van der Waals surface area contributed by atoms with E-state index < -0.39 is 6.10 Å². The van der Waals surface area contributed by atoms with Gasteiger partial charge in [0.25, 0.3) is 0 Å². The number of aliphatic hydroxyl groups is 1. The van der Waals surface area contributed by atoms with Crippen molar-refractivity contribution < 1.29 is 9.50 Å². The molecule has 1 aliphatic rings. The highest BCUT2D eigenvalue weighted by molar-refractivity contribution is 8.00. The Kier molecular flexibility index (Phi) is 4.51. The van der Waals surface area contributed by atoms with E-state index in [4.69, 9.17) is 0 Å². The van der Waals surface area contributed by atoms with Crippen LogP contribution < -0.4 is 4.90 Å². The van der Waals surface area contributed by atoms with Gasteiger partial charge in [-0.25, -0.2) is 4.39 Å². The third-order valence-corrected chi connectivity index (χ3v) is 4.75. The maximum atomic E-state index is 14.1. The predicted molar refractivity (Wildman–Crippen MR) is 75.8 cm³/mol. The molecule has 1 saturated heterocycles. The normalized spacial score (nSPS) is 22.0. The lowest BCUT2D eigenvalue weighted by atomic mass is 10.1. The molecule has 2 unspecified atom stereocenters. The SMILES string of the molecule is CCC1CN(c2c(F)cccc2C(C)O)CCS1. The molecule has 18 heavy (non-hydrogen) atoms. The van der Waals surface area contributed by atoms with E-state index in [1.54, 1.807) is 13.0 Å². The van der Waals surface area contributed by atoms with Crippen LogP contribution in [0.25, 0.3) is 0 Å². The fourth-order valence-electron chi connectivity index (χ4n) is 2.37. The van der Waals surface area contributed by atoms with E-state index in [2.05, 4.69) is 11.8 Å². The summed E-state index contributed by atoms with van der Waals surface area (Å²) in [4.78, 5) is 2.09. The number of hydrogen-bond donors (Lipinski definition) is 1. The first-order valence-electron chi connectivity index (χ1n) is 6.46. The molecule has 1 aromatic carbocycles. The highest BCUT2D eigenvalue weighted by Crippen LogP contribution is 2.33. The minimum Gasteiger partial charge on any atom is -0.389 e. The van der Waals surface area contributed by atoms with E-state index in [9.17, 15) is 9.50 Å². The van der Waals surface area contributed by atoms with Crippen LogP contribution in [0.4, 0.5) is 10.1 Å². The van der Waals surface area contributed by atoms with Crippen molar-refractivity contribution >= 4 is 17.4 Å². The lowest BCUT2D eigenvalue weighted by Gasteiger charge is -2.35. The van der Waals surface area contributed by atoms with Crippen LogP contribution in [0, 0.1) is 5.82 Å². The lowest BCUT2D eigenvalue weighted by molar-refractivity contribution is 0.199. The van der Waals surface area contributed by atoms with Gasteiger partial charge in [0.1, 0.15) is 5.82 Å². The van der Waals surface area contributed by atoms with E-state index in [1.807, 2.05) is 17.8 Å². The molecule has 1 aromatic rings.